The van der Waals surface area contributed by atoms with E-state index in [0.717, 1.165) is 35.2 Å². The number of hydrogen-bond donors (Lipinski definition) is 2. The molecule has 2 aliphatic heterocycles. The second-order valence-electron chi connectivity index (χ2n) is 9.12. The Morgan fingerprint density at radius 3 is 2.31 bits per heavy atom. The van der Waals surface area contributed by atoms with Crippen LogP contribution in [0, 0.1) is 5.82 Å². The van der Waals surface area contributed by atoms with Crippen molar-refractivity contribution in [3.63, 3.8) is 0 Å². The van der Waals surface area contributed by atoms with E-state index >= 15 is 0 Å². The van der Waals surface area contributed by atoms with Crippen LogP contribution in [0.15, 0.2) is 36.4 Å². The fraction of sp³-hybridized carbons (Fsp3) is 0.417. The summed E-state index contributed by atoms with van der Waals surface area (Å²) in [7, 11) is 1.97. The molecule has 168 valence electrons. The summed E-state index contributed by atoms with van der Waals surface area (Å²) in [5.74, 6) is -0.915. The van der Waals surface area contributed by atoms with E-state index < -0.39 is 11.4 Å². The van der Waals surface area contributed by atoms with Gasteiger partial charge in [0, 0.05) is 33.2 Å². The quantitative estimate of drug-likeness (QED) is 0.770. The number of hydrazine groups is 1. The molecule has 1 atom stereocenters. The minimum Gasteiger partial charge on any atom is -0.338 e. The molecule has 3 aliphatic rings. The zero-order valence-corrected chi connectivity index (χ0v) is 18.4. The predicted molar refractivity (Wildman–Crippen MR) is 120 cm³/mol. The van der Waals surface area contributed by atoms with Crippen molar-refractivity contribution in [1.29, 1.82) is 0 Å². The van der Waals surface area contributed by atoms with Crippen LogP contribution in [0.2, 0.25) is 0 Å². The molecule has 3 N–H and O–H groups in total. The highest BCUT2D eigenvalue weighted by molar-refractivity contribution is 5.95. The summed E-state index contributed by atoms with van der Waals surface area (Å²) < 4.78 is 15.0. The minimum atomic E-state index is -0.699. The molecule has 2 fully saturated rings. The molecular formula is C24H28FN5O2. The number of anilines is 1. The predicted octanol–water partition coefficient (Wildman–Crippen LogP) is 2.28. The van der Waals surface area contributed by atoms with Crippen LogP contribution in [0.3, 0.4) is 0 Å². The lowest BCUT2D eigenvalue weighted by Gasteiger charge is -2.36. The second-order valence-corrected chi connectivity index (χ2v) is 9.12. The first-order valence-electron chi connectivity index (χ1n) is 11.1. The molecular weight excluding hydrogens is 409 g/mol. The summed E-state index contributed by atoms with van der Waals surface area (Å²) in [5.41, 5.74) is 12.6. The molecule has 7 nitrogen and oxygen atoms in total. The molecule has 1 saturated carbocycles. The number of nitrogens with zero attached hydrogens (tertiary/aromatic N) is 3. The van der Waals surface area contributed by atoms with Crippen molar-refractivity contribution < 1.29 is 14.0 Å². The van der Waals surface area contributed by atoms with Gasteiger partial charge in [-0.3, -0.25) is 9.59 Å². The lowest BCUT2D eigenvalue weighted by atomic mass is 9.98. The summed E-state index contributed by atoms with van der Waals surface area (Å²) in [6, 6.07) is 11.0. The molecule has 2 heterocycles. The van der Waals surface area contributed by atoms with Crippen molar-refractivity contribution in [1.82, 2.24) is 15.2 Å². The molecule has 5 rings (SSSR count). The van der Waals surface area contributed by atoms with Gasteiger partial charge < -0.3 is 20.5 Å². The molecule has 1 unspecified atom stereocenters. The van der Waals surface area contributed by atoms with Crippen LogP contribution >= 0.6 is 0 Å². The number of benzene rings is 2. The Balaban J connectivity index is 1.29. The molecule has 0 bridgehead atoms. The minimum absolute atomic E-state index is 0.0369. The Kier molecular flexibility index (Phi) is 4.94. The fourth-order valence-corrected chi connectivity index (χ4v) is 4.63. The number of halogens is 1. The second kappa shape index (κ2) is 7.56. The largest absolute Gasteiger partial charge is 0.338 e. The number of carbonyl (C=O) groups excluding carboxylic acids is 2. The topological polar surface area (TPSA) is 81.9 Å². The summed E-state index contributed by atoms with van der Waals surface area (Å²) in [4.78, 5) is 28.7. The molecule has 1 aliphatic carbocycles. The number of rotatable bonds is 3. The summed E-state index contributed by atoms with van der Waals surface area (Å²) in [6.07, 6.45) is 1.44. The monoisotopic (exact) mass is 437 g/mol. The van der Waals surface area contributed by atoms with Crippen molar-refractivity contribution in [2.75, 3.05) is 38.2 Å². The lowest BCUT2D eigenvalue weighted by molar-refractivity contribution is -0.135. The highest BCUT2D eigenvalue weighted by Gasteiger charge is 2.48. The SMILES string of the molecule is CC1NN(C)c2ccc(-c3ccc(C(=O)N4CCN(C(=O)C5(N)CC5)CC4)c(F)c3)cc21. The third kappa shape index (κ3) is 3.53. The van der Waals surface area contributed by atoms with Crippen LogP contribution in [0.25, 0.3) is 11.1 Å². The summed E-state index contributed by atoms with van der Waals surface area (Å²) in [6.45, 7) is 3.70. The van der Waals surface area contributed by atoms with Crippen LogP contribution in [-0.4, -0.2) is 60.4 Å². The van der Waals surface area contributed by atoms with Gasteiger partial charge in [0.05, 0.1) is 22.8 Å². The molecule has 8 heteroatoms. The van der Waals surface area contributed by atoms with Gasteiger partial charge in [-0.2, -0.15) is 0 Å². The van der Waals surface area contributed by atoms with Gasteiger partial charge in [0.25, 0.3) is 5.91 Å². The number of nitrogens with two attached hydrogens (primary N) is 1. The first-order valence-corrected chi connectivity index (χ1v) is 11.1. The lowest BCUT2D eigenvalue weighted by Crippen LogP contribution is -2.55. The first-order chi connectivity index (χ1) is 15.3. The Hall–Kier alpha value is -2.97. The molecule has 2 amide bonds. The van der Waals surface area contributed by atoms with Gasteiger partial charge in [0.1, 0.15) is 5.82 Å². The van der Waals surface area contributed by atoms with Gasteiger partial charge in [0.15, 0.2) is 0 Å². The molecule has 32 heavy (non-hydrogen) atoms. The maximum atomic E-state index is 15.0. The number of amides is 2. The van der Waals surface area contributed by atoms with E-state index in [1.165, 1.54) is 6.07 Å². The maximum Gasteiger partial charge on any atom is 0.256 e. The molecule has 0 spiro atoms. The van der Waals surface area contributed by atoms with Gasteiger partial charge in [-0.1, -0.05) is 12.1 Å². The maximum absolute atomic E-state index is 15.0. The fourth-order valence-electron chi connectivity index (χ4n) is 4.63. The van der Waals surface area contributed by atoms with Crippen LogP contribution in [-0.2, 0) is 4.79 Å². The third-order valence-electron chi connectivity index (χ3n) is 6.84. The van der Waals surface area contributed by atoms with Crippen molar-refractivity contribution in [2.24, 2.45) is 5.73 Å². The standard InChI is InChI=1S/C24H28FN5O2/c1-15-19-13-16(4-6-21(19)28(2)27-15)17-3-5-18(20(25)14-17)22(31)29-9-11-30(12-10-29)23(32)24(26)7-8-24/h3-6,13-15,27H,7-12,26H2,1-2H3. The molecule has 2 aromatic rings. The van der Waals surface area contributed by atoms with E-state index in [-0.39, 0.29) is 23.4 Å². The van der Waals surface area contributed by atoms with Crippen LogP contribution in [0.1, 0.15) is 41.7 Å². The smallest absolute Gasteiger partial charge is 0.256 e. The Morgan fingerprint density at radius 2 is 1.66 bits per heavy atom. The van der Waals surface area contributed by atoms with Gasteiger partial charge in [-0.25, -0.2) is 9.82 Å². The summed E-state index contributed by atoms with van der Waals surface area (Å²) in [5, 5.41) is 1.98. The number of fused-ring (bicyclic) bond motifs is 1. The van der Waals surface area contributed by atoms with Gasteiger partial charge in [-0.05, 0) is 60.7 Å². The van der Waals surface area contributed by atoms with E-state index in [2.05, 4.69) is 18.4 Å². The number of hydrogen-bond acceptors (Lipinski definition) is 5. The van der Waals surface area contributed by atoms with Crippen LogP contribution < -0.4 is 16.2 Å². The Morgan fingerprint density at radius 1 is 1.03 bits per heavy atom. The van der Waals surface area contributed by atoms with Gasteiger partial charge >= 0.3 is 0 Å². The van der Waals surface area contributed by atoms with Gasteiger partial charge in [-0.15, -0.1) is 0 Å². The normalized spacial score (nSPS) is 21.5. The van der Waals surface area contributed by atoms with Crippen LogP contribution in [0.5, 0.6) is 0 Å². The highest BCUT2D eigenvalue weighted by Crippen LogP contribution is 2.36. The van der Waals surface area contributed by atoms with Crippen LogP contribution in [0.4, 0.5) is 10.1 Å². The zero-order valence-electron chi connectivity index (χ0n) is 18.4. The average Bonchev–Trinajstić information content (AvgIpc) is 3.49. The van der Waals surface area contributed by atoms with Gasteiger partial charge in [0.2, 0.25) is 5.91 Å². The zero-order chi connectivity index (χ0) is 22.6. The van der Waals surface area contributed by atoms with E-state index in [9.17, 15) is 14.0 Å². The van der Waals surface area contributed by atoms with Crippen molar-refractivity contribution in [3.05, 3.63) is 53.3 Å². The highest BCUT2D eigenvalue weighted by atomic mass is 19.1. The van der Waals surface area contributed by atoms with Crippen molar-refractivity contribution >= 4 is 17.5 Å². The molecule has 2 aromatic carbocycles. The van der Waals surface area contributed by atoms with Crippen molar-refractivity contribution in [3.8, 4) is 11.1 Å². The van der Waals surface area contributed by atoms with E-state index in [4.69, 9.17) is 5.73 Å². The molecule has 0 radical (unpaired) electrons. The summed E-state index contributed by atoms with van der Waals surface area (Å²) >= 11 is 0. The van der Waals surface area contributed by atoms with E-state index in [0.29, 0.717) is 26.2 Å². The molecule has 1 saturated heterocycles. The first kappa shape index (κ1) is 20.9. The Labute approximate surface area is 186 Å². The number of carbonyl (C=O) groups is 2. The van der Waals surface area contributed by atoms with E-state index in [1.807, 2.05) is 24.2 Å². The average molecular weight is 438 g/mol. The number of piperazine rings is 1. The third-order valence-corrected chi connectivity index (χ3v) is 6.84. The van der Waals surface area contributed by atoms with Crippen molar-refractivity contribution in [2.45, 2.75) is 31.3 Å². The number of nitrogens with one attached hydrogen (secondary N) is 1. The molecule has 0 aromatic heterocycles. The Bertz CT molecular complexity index is 1090. The van der Waals surface area contributed by atoms with E-state index in [1.54, 1.807) is 21.9 Å².